The summed E-state index contributed by atoms with van der Waals surface area (Å²) in [5, 5.41) is 10.6. The van der Waals surface area contributed by atoms with E-state index in [0.29, 0.717) is 5.76 Å². The van der Waals surface area contributed by atoms with Gasteiger partial charge in [0.25, 0.3) is 11.8 Å². The zero-order valence-corrected chi connectivity index (χ0v) is 15.3. The summed E-state index contributed by atoms with van der Waals surface area (Å²) < 4.78 is 10.7. The highest BCUT2D eigenvalue weighted by molar-refractivity contribution is 6.07. The molecular weight excluding hydrogens is 360 g/mol. The predicted octanol–water partition coefficient (Wildman–Crippen LogP) is 2.79. The quantitative estimate of drug-likeness (QED) is 0.701. The van der Waals surface area contributed by atoms with Crippen molar-refractivity contribution in [3.63, 3.8) is 0 Å². The van der Waals surface area contributed by atoms with Gasteiger partial charge in [0.05, 0.1) is 6.26 Å². The summed E-state index contributed by atoms with van der Waals surface area (Å²) in [6.07, 6.45) is 4.69. The summed E-state index contributed by atoms with van der Waals surface area (Å²) in [6.45, 7) is 1.63. The van der Waals surface area contributed by atoms with Crippen molar-refractivity contribution < 1.29 is 18.4 Å². The Kier molecular flexibility index (Phi) is 3.61. The molecule has 0 spiro atoms. The number of benzene rings is 1. The Morgan fingerprint density at radius 1 is 1.18 bits per heavy atom. The number of nitrogens with one attached hydrogen (secondary N) is 1. The number of imide groups is 1. The average Bonchev–Trinajstić information content (AvgIpc) is 3.47. The fourth-order valence-electron chi connectivity index (χ4n) is 3.87. The Bertz CT molecular complexity index is 1070. The second-order valence-corrected chi connectivity index (χ2v) is 7.26. The van der Waals surface area contributed by atoms with Gasteiger partial charge in [-0.05, 0) is 55.0 Å². The zero-order chi connectivity index (χ0) is 19.3. The van der Waals surface area contributed by atoms with Crippen molar-refractivity contribution in [2.24, 2.45) is 0 Å². The number of hydrogen-bond donors (Lipinski definition) is 1. The lowest BCUT2D eigenvalue weighted by molar-refractivity contribution is -0.131. The van der Waals surface area contributed by atoms with E-state index < -0.39 is 11.6 Å². The van der Waals surface area contributed by atoms with Crippen molar-refractivity contribution in [3.05, 3.63) is 59.2 Å². The first-order chi connectivity index (χ1) is 13.5. The second kappa shape index (κ2) is 6.05. The smallest absolute Gasteiger partial charge is 0.325 e. The van der Waals surface area contributed by atoms with E-state index in [1.165, 1.54) is 17.4 Å². The van der Waals surface area contributed by atoms with Gasteiger partial charge in [-0.1, -0.05) is 18.2 Å². The standard InChI is InChI=1S/C20H18N4O4/c1-20(14-8-7-12-4-2-5-13(12)10-14)18(25)24(19(26)21-20)11-16-22-23-17(28-16)15-6-3-9-27-15/h3,6-10H,2,4-5,11H2,1H3,(H,21,26)/t20-/m1/s1. The number of aromatic nitrogens is 2. The third kappa shape index (κ3) is 2.52. The third-order valence-electron chi connectivity index (χ3n) is 5.44. The van der Waals surface area contributed by atoms with E-state index in [1.54, 1.807) is 19.1 Å². The lowest BCUT2D eigenvalue weighted by atomic mass is 9.90. The Morgan fingerprint density at radius 3 is 2.86 bits per heavy atom. The van der Waals surface area contributed by atoms with E-state index in [0.717, 1.165) is 29.7 Å². The number of hydrogen-bond acceptors (Lipinski definition) is 6. The fourth-order valence-corrected chi connectivity index (χ4v) is 3.87. The first-order valence-electron chi connectivity index (χ1n) is 9.17. The van der Waals surface area contributed by atoms with Crippen LogP contribution in [0, 0.1) is 0 Å². The van der Waals surface area contributed by atoms with Crippen LogP contribution in [0.4, 0.5) is 4.79 Å². The lowest BCUT2D eigenvalue weighted by Gasteiger charge is -2.23. The summed E-state index contributed by atoms with van der Waals surface area (Å²) in [6, 6.07) is 8.93. The van der Waals surface area contributed by atoms with E-state index in [2.05, 4.69) is 21.6 Å². The molecule has 1 fully saturated rings. The first kappa shape index (κ1) is 16.7. The molecule has 0 saturated carbocycles. The van der Waals surface area contributed by atoms with E-state index in [-0.39, 0.29) is 24.2 Å². The first-order valence-corrected chi connectivity index (χ1v) is 9.17. The third-order valence-corrected chi connectivity index (χ3v) is 5.44. The van der Waals surface area contributed by atoms with Crippen LogP contribution in [0.5, 0.6) is 0 Å². The van der Waals surface area contributed by atoms with Crippen LogP contribution in [-0.4, -0.2) is 27.0 Å². The number of fused-ring (bicyclic) bond motifs is 1. The molecule has 3 heterocycles. The molecule has 5 rings (SSSR count). The van der Waals surface area contributed by atoms with Crippen LogP contribution < -0.4 is 5.32 Å². The minimum Gasteiger partial charge on any atom is -0.459 e. The number of nitrogens with zero attached hydrogens (tertiary/aromatic N) is 3. The summed E-state index contributed by atoms with van der Waals surface area (Å²) in [4.78, 5) is 26.7. The number of furan rings is 1. The van der Waals surface area contributed by atoms with Gasteiger partial charge in [-0.2, -0.15) is 0 Å². The topological polar surface area (TPSA) is 101 Å². The summed E-state index contributed by atoms with van der Waals surface area (Å²) in [5.74, 6) is 0.452. The maximum Gasteiger partial charge on any atom is 0.325 e. The van der Waals surface area contributed by atoms with Gasteiger partial charge in [0.2, 0.25) is 5.89 Å². The maximum absolute atomic E-state index is 13.1. The summed E-state index contributed by atoms with van der Waals surface area (Å²) in [5.41, 5.74) is 2.24. The molecule has 0 unspecified atom stereocenters. The molecule has 0 radical (unpaired) electrons. The number of aryl methyl sites for hydroxylation is 2. The molecule has 28 heavy (non-hydrogen) atoms. The van der Waals surface area contributed by atoms with Crippen molar-refractivity contribution in [1.29, 1.82) is 0 Å². The highest BCUT2D eigenvalue weighted by Gasteiger charge is 2.49. The Hall–Kier alpha value is -3.42. The molecule has 8 heteroatoms. The number of rotatable bonds is 4. The summed E-state index contributed by atoms with van der Waals surface area (Å²) >= 11 is 0. The molecule has 3 amide bonds. The molecule has 1 aromatic carbocycles. The minimum atomic E-state index is -1.11. The van der Waals surface area contributed by atoms with Gasteiger partial charge in [0.15, 0.2) is 5.76 Å². The molecule has 1 aliphatic heterocycles. The van der Waals surface area contributed by atoms with Gasteiger partial charge in [-0.3, -0.25) is 9.69 Å². The average molecular weight is 378 g/mol. The lowest BCUT2D eigenvalue weighted by Crippen LogP contribution is -2.41. The second-order valence-electron chi connectivity index (χ2n) is 7.26. The number of carbonyl (C=O) groups excluding carboxylic acids is 2. The van der Waals surface area contributed by atoms with Crippen molar-refractivity contribution in [1.82, 2.24) is 20.4 Å². The predicted molar refractivity (Wildman–Crippen MR) is 96.9 cm³/mol. The molecule has 1 aliphatic carbocycles. The highest BCUT2D eigenvalue weighted by Crippen LogP contribution is 2.33. The van der Waals surface area contributed by atoms with Crippen molar-refractivity contribution >= 4 is 11.9 Å². The molecule has 2 aliphatic rings. The van der Waals surface area contributed by atoms with Gasteiger partial charge in [0, 0.05) is 0 Å². The molecular formula is C20H18N4O4. The molecule has 0 bridgehead atoms. The van der Waals surface area contributed by atoms with Crippen LogP contribution in [0.3, 0.4) is 0 Å². The fraction of sp³-hybridized carbons (Fsp3) is 0.300. The maximum atomic E-state index is 13.1. The molecule has 8 nitrogen and oxygen atoms in total. The van der Waals surface area contributed by atoms with Crippen LogP contribution in [0.15, 0.2) is 45.4 Å². The molecule has 3 aromatic rings. The van der Waals surface area contributed by atoms with Crippen LogP contribution >= 0.6 is 0 Å². The minimum absolute atomic E-state index is 0.0983. The zero-order valence-electron chi connectivity index (χ0n) is 15.3. The SMILES string of the molecule is C[C@]1(c2ccc3c(c2)CCC3)NC(=O)N(Cc2nnc(-c3ccco3)o2)C1=O. The molecule has 1 saturated heterocycles. The molecule has 2 aromatic heterocycles. The molecule has 1 atom stereocenters. The number of amides is 3. The van der Waals surface area contributed by atoms with Crippen LogP contribution in [-0.2, 0) is 29.7 Å². The van der Waals surface area contributed by atoms with E-state index in [1.807, 2.05) is 12.1 Å². The Balaban J connectivity index is 1.40. The van der Waals surface area contributed by atoms with Crippen molar-refractivity contribution in [3.8, 4) is 11.7 Å². The van der Waals surface area contributed by atoms with E-state index in [4.69, 9.17) is 8.83 Å². The van der Waals surface area contributed by atoms with Crippen LogP contribution in [0.2, 0.25) is 0 Å². The van der Waals surface area contributed by atoms with Gasteiger partial charge < -0.3 is 14.2 Å². The Labute approximate surface area is 160 Å². The van der Waals surface area contributed by atoms with Gasteiger partial charge in [0.1, 0.15) is 12.1 Å². The van der Waals surface area contributed by atoms with Crippen molar-refractivity contribution in [2.75, 3.05) is 0 Å². The van der Waals surface area contributed by atoms with Crippen molar-refractivity contribution in [2.45, 2.75) is 38.3 Å². The van der Waals surface area contributed by atoms with Crippen LogP contribution in [0.1, 0.15) is 35.9 Å². The number of carbonyl (C=O) groups is 2. The highest BCUT2D eigenvalue weighted by atomic mass is 16.4. The number of urea groups is 1. The molecule has 1 N–H and O–H groups in total. The Morgan fingerprint density at radius 2 is 2.04 bits per heavy atom. The van der Waals surface area contributed by atoms with Gasteiger partial charge in [-0.15, -0.1) is 10.2 Å². The largest absolute Gasteiger partial charge is 0.459 e. The van der Waals surface area contributed by atoms with E-state index in [9.17, 15) is 9.59 Å². The monoisotopic (exact) mass is 378 g/mol. The van der Waals surface area contributed by atoms with Crippen LogP contribution in [0.25, 0.3) is 11.7 Å². The molecule has 142 valence electrons. The summed E-state index contributed by atoms with van der Waals surface area (Å²) in [7, 11) is 0. The van der Waals surface area contributed by atoms with Gasteiger partial charge >= 0.3 is 6.03 Å². The van der Waals surface area contributed by atoms with Gasteiger partial charge in [-0.25, -0.2) is 4.79 Å². The van der Waals surface area contributed by atoms with E-state index >= 15 is 0 Å². The normalized spacial score (nSPS) is 21.2.